The van der Waals surface area contributed by atoms with Crippen LogP contribution in [-0.2, 0) is 0 Å². The maximum absolute atomic E-state index is 16.1. The second kappa shape index (κ2) is 9.44. The summed E-state index contributed by atoms with van der Waals surface area (Å²) in [5.74, 6) is 0. The first-order valence-electron chi connectivity index (χ1n) is 13.8. The quantitative estimate of drug-likeness (QED) is 0.151. The molecule has 40 heavy (non-hydrogen) atoms. The molecule has 0 fully saturated rings. The van der Waals surface area contributed by atoms with Crippen LogP contribution in [0.5, 0.6) is 0 Å². The van der Waals surface area contributed by atoms with E-state index in [1.54, 1.807) is 13.8 Å². The van der Waals surface area contributed by atoms with E-state index < -0.39 is 6.97 Å². The molecule has 2 aliphatic heterocycles. The molecule has 2 aliphatic rings. The highest BCUT2D eigenvalue weighted by atomic mass is 19.2. The number of fused-ring (bicyclic) bond motifs is 4. The van der Waals surface area contributed by atoms with Crippen molar-refractivity contribution in [2.45, 2.75) is 41.5 Å². The van der Waals surface area contributed by atoms with Crippen LogP contribution in [0.2, 0.25) is 0 Å². The molecule has 0 unspecified atom stereocenters. The molecule has 0 saturated heterocycles. The van der Waals surface area contributed by atoms with Gasteiger partial charge < -0.3 is 17.6 Å². The largest absolute Gasteiger partial charge is 0.737 e. The third-order valence-electron chi connectivity index (χ3n) is 8.33. The maximum atomic E-state index is 16.1. The van der Waals surface area contributed by atoms with E-state index in [0.717, 1.165) is 43.8 Å². The summed E-state index contributed by atoms with van der Waals surface area (Å²) in [6.07, 6.45) is 1.89. The normalized spacial score (nSPS) is 15.7. The van der Waals surface area contributed by atoms with Gasteiger partial charge in [-0.2, -0.15) is 0 Å². The molecule has 5 aromatic rings. The number of hydrogen-bond acceptors (Lipinski definition) is 0. The van der Waals surface area contributed by atoms with Crippen LogP contribution < -0.4 is 0 Å². The van der Waals surface area contributed by atoms with E-state index in [9.17, 15) is 0 Å². The zero-order valence-electron chi connectivity index (χ0n) is 23.9. The van der Waals surface area contributed by atoms with E-state index in [2.05, 4.69) is 50.2 Å². The first-order valence-corrected chi connectivity index (χ1v) is 13.8. The van der Waals surface area contributed by atoms with E-state index in [-0.39, 0.29) is 0 Å². The first-order chi connectivity index (χ1) is 19.1. The third-order valence-corrected chi connectivity index (χ3v) is 8.33. The average Bonchev–Trinajstić information content (AvgIpc) is 3.41. The summed E-state index contributed by atoms with van der Waals surface area (Å²) in [4.78, 5) is 0. The third kappa shape index (κ3) is 3.79. The lowest BCUT2D eigenvalue weighted by Gasteiger charge is -2.34. The van der Waals surface area contributed by atoms with Gasteiger partial charge in [0.05, 0.1) is 5.57 Å². The molecule has 0 saturated carbocycles. The van der Waals surface area contributed by atoms with Crippen LogP contribution in [0, 0.1) is 27.7 Å². The van der Waals surface area contributed by atoms with Crippen molar-refractivity contribution in [2.75, 3.05) is 0 Å². The number of rotatable bonds is 1. The van der Waals surface area contributed by atoms with Gasteiger partial charge in [-0.25, -0.2) is 0 Å². The zero-order valence-corrected chi connectivity index (χ0v) is 23.9. The lowest BCUT2D eigenvalue weighted by Crippen LogP contribution is -2.51. The fourth-order valence-electron chi connectivity index (χ4n) is 6.69. The van der Waals surface area contributed by atoms with E-state index >= 15 is 8.63 Å². The average molecular weight is 530 g/mol. The molecule has 5 heteroatoms. The lowest BCUT2D eigenvalue weighted by molar-refractivity contribution is -0.363. The van der Waals surface area contributed by atoms with Crippen molar-refractivity contribution in [3.8, 4) is 0 Å². The number of halogens is 2. The fraction of sp³-hybridized carbons (Fsp3) is 0.171. The van der Waals surface area contributed by atoms with Gasteiger partial charge in [-0.1, -0.05) is 84.4 Å². The fourth-order valence-corrected chi connectivity index (χ4v) is 6.69. The molecule has 2 nitrogen and oxygen atoms in total. The molecule has 0 bridgehead atoms. The SMILES string of the molecule is CC1=CC(C)=[N+]2C1=C(c1c3ccccc3c(C)c3ccccc13)c1c(C)cc(C)n1[B-]2(F)F.Cc1ccccc1. The van der Waals surface area contributed by atoms with Gasteiger partial charge in [0, 0.05) is 29.8 Å². The number of aromatic nitrogens is 1. The van der Waals surface area contributed by atoms with E-state index in [1.807, 2.05) is 68.5 Å². The molecule has 1 aromatic heterocycles. The molecule has 3 heterocycles. The number of hydrogen-bond donors (Lipinski definition) is 0. The van der Waals surface area contributed by atoms with Gasteiger partial charge in [-0.15, -0.1) is 0 Å². The molecule has 7 rings (SSSR count). The van der Waals surface area contributed by atoms with Crippen molar-refractivity contribution in [1.29, 1.82) is 0 Å². The monoisotopic (exact) mass is 530 g/mol. The van der Waals surface area contributed by atoms with Gasteiger partial charge in [0.1, 0.15) is 5.71 Å². The summed E-state index contributed by atoms with van der Waals surface area (Å²) in [5, 5.41) is 4.50. The number of aryl methyl sites for hydroxylation is 4. The van der Waals surface area contributed by atoms with Gasteiger partial charge >= 0.3 is 6.97 Å². The second-order valence-corrected chi connectivity index (χ2v) is 11.1. The summed E-state index contributed by atoms with van der Waals surface area (Å²) in [6.45, 7) is 7.70. The summed E-state index contributed by atoms with van der Waals surface area (Å²) in [5.41, 5.74) is 8.64. The first kappa shape index (κ1) is 26.0. The van der Waals surface area contributed by atoms with Gasteiger partial charge in [0.2, 0.25) is 0 Å². The molecule has 200 valence electrons. The Labute approximate surface area is 234 Å². The van der Waals surface area contributed by atoms with Crippen LogP contribution in [-0.4, -0.2) is 21.6 Å². The number of benzene rings is 4. The van der Waals surface area contributed by atoms with Crippen LogP contribution >= 0.6 is 0 Å². The summed E-state index contributed by atoms with van der Waals surface area (Å²) in [6, 6.07) is 28.8. The molecule has 0 radical (unpaired) electrons. The van der Waals surface area contributed by atoms with E-state index in [4.69, 9.17) is 0 Å². The van der Waals surface area contributed by atoms with Crippen LogP contribution in [0.4, 0.5) is 8.63 Å². The van der Waals surface area contributed by atoms with Gasteiger partial charge in [0.25, 0.3) is 0 Å². The minimum absolute atomic E-state index is 0.585. The van der Waals surface area contributed by atoms with Crippen LogP contribution in [0.15, 0.2) is 102 Å². The predicted octanol–water partition coefficient (Wildman–Crippen LogP) is 9.14. The van der Waals surface area contributed by atoms with E-state index in [0.29, 0.717) is 22.8 Å². The maximum Gasteiger partial charge on any atom is 0.737 e. The minimum Gasteiger partial charge on any atom is -0.393 e. The van der Waals surface area contributed by atoms with Crippen molar-refractivity contribution in [3.63, 3.8) is 0 Å². The standard InChI is InChI=1S/C28H25BF2N2.C7H8/c1-16-14-18(3)32-27(16)26(28-17(2)15-19(4)33(28)29(32,30)31)25-23-12-8-6-10-21(23)20(5)22-11-7-9-13-24(22)25;1-7-5-3-2-4-6-7/h6-15H,1-5H3;2-6H,1H3. The number of allylic oxidation sites excluding steroid dienone is 2. The molecular weight excluding hydrogens is 497 g/mol. The lowest BCUT2D eigenvalue weighted by atomic mass is 9.80. The van der Waals surface area contributed by atoms with Crippen molar-refractivity contribution in [1.82, 2.24) is 4.48 Å². The molecule has 0 spiro atoms. The highest BCUT2D eigenvalue weighted by Gasteiger charge is 2.55. The highest BCUT2D eigenvalue weighted by Crippen LogP contribution is 2.48. The summed E-state index contributed by atoms with van der Waals surface area (Å²) < 4.78 is 34.8. The van der Waals surface area contributed by atoms with Crippen molar-refractivity contribution in [2.24, 2.45) is 0 Å². The van der Waals surface area contributed by atoms with Gasteiger partial charge in [-0.05, 0) is 79.1 Å². The van der Waals surface area contributed by atoms with Crippen molar-refractivity contribution < 1.29 is 13.1 Å². The topological polar surface area (TPSA) is 7.94 Å². The van der Waals surface area contributed by atoms with Crippen molar-refractivity contribution >= 4 is 39.8 Å². The summed E-state index contributed by atoms with van der Waals surface area (Å²) >= 11 is 0. The van der Waals surface area contributed by atoms with Gasteiger partial charge in [0.15, 0.2) is 5.70 Å². The van der Waals surface area contributed by atoms with Crippen molar-refractivity contribution in [3.05, 3.63) is 136 Å². The second-order valence-electron chi connectivity index (χ2n) is 11.1. The Morgan fingerprint density at radius 2 is 1.20 bits per heavy atom. The Kier molecular flexibility index (Phi) is 6.14. The highest BCUT2D eigenvalue weighted by molar-refractivity contribution is 6.58. The Bertz CT molecular complexity index is 1870. The molecular formula is C35H33BF2N2. The van der Waals surface area contributed by atoms with E-state index in [1.165, 1.54) is 20.1 Å². The minimum atomic E-state index is -3.99. The smallest absolute Gasteiger partial charge is 0.393 e. The Hall–Kier alpha value is -4.25. The Morgan fingerprint density at radius 1 is 0.675 bits per heavy atom. The van der Waals surface area contributed by atoms with Crippen LogP contribution in [0.25, 0.3) is 27.1 Å². The predicted molar refractivity (Wildman–Crippen MR) is 165 cm³/mol. The Morgan fingerprint density at radius 3 is 1.73 bits per heavy atom. The van der Waals surface area contributed by atoms with Gasteiger partial charge in [-0.3, -0.25) is 0 Å². The molecule has 4 aromatic carbocycles. The molecule has 0 aliphatic carbocycles. The molecule has 0 N–H and O–H groups in total. The molecule has 0 amide bonds. The number of nitrogens with zero attached hydrogens (tertiary/aromatic N) is 2. The Balaban J connectivity index is 0.000000363. The zero-order chi connectivity index (χ0) is 28.3. The molecule has 0 atom stereocenters. The van der Waals surface area contributed by atoms with Crippen LogP contribution in [0.1, 0.15) is 47.5 Å². The van der Waals surface area contributed by atoms with Crippen LogP contribution in [0.3, 0.4) is 0 Å². The summed E-state index contributed by atoms with van der Waals surface area (Å²) in [7, 11) is 0.